The Hall–Kier alpha value is -3.96. The zero-order valence-electron chi connectivity index (χ0n) is 18.0. The van der Waals surface area contributed by atoms with E-state index in [1.165, 1.54) is 5.56 Å². The van der Waals surface area contributed by atoms with Crippen LogP contribution in [-0.4, -0.2) is 51.7 Å². The second kappa shape index (κ2) is 11.3. The van der Waals surface area contributed by atoms with Crippen LogP contribution in [0.15, 0.2) is 53.4 Å². The summed E-state index contributed by atoms with van der Waals surface area (Å²) in [5, 5.41) is 26.0. The van der Waals surface area contributed by atoms with Crippen molar-refractivity contribution in [2.24, 2.45) is 5.73 Å². The number of aromatic amines is 1. The standard InChI is InChI=1S/C19H20N4O2S.C4H4O4/c20-5-3-13-9-21-16-2-1-12(8-14(13)16)15(7-11-4-6-26-10-11)17-18(24)23-19(25)22-17;5-3(6)1-2-4(7)8/h1-2,4,6,8-10,15,17,21H,3,5,7,20H2,(H2,22,23,24,25);1-2H,(H,5,6)(H,7,8)/b;2-1-. The zero-order chi connectivity index (χ0) is 24.7. The molecule has 34 heavy (non-hydrogen) atoms. The van der Waals surface area contributed by atoms with Crippen molar-refractivity contribution >= 4 is 46.1 Å². The Balaban J connectivity index is 0.000000350. The smallest absolute Gasteiger partial charge is 0.328 e. The number of aromatic nitrogens is 1. The van der Waals surface area contributed by atoms with E-state index in [0.717, 1.165) is 28.5 Å². The van der Waals surface area contributed by atoms with Crippen molar-refractivity contribution in [1.82, 2.24) is 15.6 Å². The van der Waals surface area contributed by atoms with E-state index in [1.807, 2.05) is 23.7 Å². The van der Waals surface area contributed by atoms with Gasteiger partial charge in [0.1, 0.15) is 6.04 Å². The highest BCUT2D eigenvalue weighted by Crippen LogP contribution is 2.30. The van der Waals surface area contributed by atoms with Gasteiger partial charge in [-0.25, -0.2) is 14.4 Å². The monoisotopic (exact) mass is 484 g/mol. The van der Waals surface area contributed by atoms with Crippen molar-refractivity contribution in [1.29, 1.82) is 0 Å². The third-order valence-corrected chi connectivity index (χ3v) is 5.98. The van der Waals surface area contributed by atoms with Crippen molar-refractivity contribution in [3.8, 4) is 0 Å². The first kappa shape index (κ1) is 24.7. The van der Waals surface area contributed by atoms with E-state index in [4.69, 9.17) is 15.9 Å². The summed E-state index contributed by atoms with van der Waals surface area (Å²) in [6, 6.07) is 7.23. The number of rotatable bonds is 8. The largest absolute Gasteiger partial charge is 0.478 e. The van der Waals surface area contributed by atoms with Crippen LogP contribution in [0.1, 0.15) is 22.6 Å². The number of carbonyl (C=O) groups excluding carboxylic acids is 2. The molecule has 3 aromatic rings. The molecule has 1 fully saturated rings. The third-order valence-electron chi connectivity index (χ3n) is 5.25. The molecule has 10 nitrogen and oxygen atoms in total. The van der Waals surface area contributed by atoms with E-state index in [9.17, 15) is 19.2 Å². The molecule has 3 amide bonds. The van der Waals surface area contributed by atoms with Crippen molar-refractivity contribution in [3.05, 3.63) is 70.1 Å². The molecule has 1 aromatic carbocycles. The van der Waals surface area contributed by atoms with Crippen LogP contribution in [0.5, 0.6) is 0 Å². The molecular formula is C23H24N4O6S. The van der Waals surface area contributed by atoms with Gasteiger partial charge in [0, 0.05) is 35.2 Å². The number of hydrogen-bond acceptors (Lipinski definition) is 6. The predicted molar refractivity (Wildman–Crippen MR) is 127 cm³/mol. The van der Waals surface area contributed by atoms with Crippen LogP contribution < -0.4 is 16.4 Å². The molecule has 1 saturated heterocycles. The summed E-state index contributed by atoms with van der Waals surface area (Å²) in [4.78, 5) is 46.3. The summed E-state index contributed by atoms with van der Waals surface area (Å²) in [5.41, 5.74) is 10.1. The molecular weight excluding hydrogens is 460 g/mol. The van der Waals surface area contributed by atoms with E-state index in [0.29, 0.717) is 25.1 Å². The van der Waals surface area contributed by atoms with Crippen molar-refractivity contribution < 1.29 is 29.4 Å². The molecule has 7 N–H and O–H groups in total. The van der Waals surface area contributed by atoms with Gasteiger partial charge in [0.2, 0.25) is 0 Å². The number of aliphatic carboxylic acids is 2. The summed E-state index contributed by atoms with van der Waals surface area (Å²) < 4.78 is 0. The molecule has 178 valence electrons. The Morgan fingerprint density at radius 2 is 1.88 bits per heavy atom. The number of fused-ring (bicyclic) bond motifs is 1. The highest BCUT2D eigenvalue weighted by molar-refractivity contribution is 7.07. The average molecular weight is 485 g/mol. The summed E-state index contributed by atoms with van der Waals surface area (Å²) in [6.07, 6.45) is 4.58. The summed E-state index contributed by atoms with van der Waals surface area (Å²) in [5.74, 6) is -2.92. The first-order valence-electron chi connectivity index (χ1n) is 10.3. The lowest BCUT2D eigenvalue weighted by atomic mass is 9.85. The molecule has 1 aliphatic heterocycles. The lowest BCUT2D eigenvalue weighted by Crippen LogP contribution is -2.36. The number of hydrogen-bond donors (Lipinski definition) is 6. The maximum absolute atomic E-state index is 12.3. The summed E-state index contributed by atoms with van der Waals surface area (Å²) >= 11 is 1.63. The minimum absolute atomic E-state index is 0.138. The van der Waals surface area contributed by atoms with Crippen LogP contribution in [0.3, 0.4) is 0 Å². The van der Waals surface area contributed by atoms with Gasteiger partial charge in [0.15, 0.2) is 0 Å². The summed E-state index contributed by atoms with van der Waals surface area (Å²) in [6.45, 7) is 0.580. The van der Waals surface area contributed by atoms with Gasteiger partial charge >= 0.3 is 18.0 Å². The average Bonchev–Trinajstić information content (AvgIpc) is 3.52. The fraction of sp³-hybridized carbons (Fsp3) is 0.217. The predicted octanol–water partition coefficient (Wildman–Crippen LogP) is 1.98. The van der Waals surface area contributed by atoms with E-state index < -0.39 is 24.0 Å². The van der Waals surface area contributed by atoms with E-state index in [1.54, 1.807) is 11.3 Å². The van der Waals surface area contributed by atoms with Gasteiger partial charge in [-0.3, -0.25) is 10.1 Å². The molecule has 0 aliphatic carbocycles. The third kappa shape index (κ3) is 6.30. The molecule has 3 heterocycles. The van der Waals surface area contributed by atoms with Crippen LogP contribution in [0.4, 0.5) is 4.79 Å². The van der Waals surface area contributed by atoms with Gasteiger partial charge in [-0.15, -0.1) is 0 Å². The fourth-order valence-corrected chi connectivity index (χ4v) is 4.42. The molecule has 2 aromatic heterocycles. The maximum Gasteiger partial charge on any atom is 0.328 e. The fourth-order valence-electron chi connectivity index (χ4n) is 3.74. The number of benzene rings is 1. The molecule has 2 atom stereocenters. The van der Waals surface area contributed by atoms with Crippen LogP contribution in [0.25, 0.3) is 10.9 Å². The molecule has 0 bridgehead atoms. The van der Waals surface area contributed by atoms with Gasteiger partial charge < -0.3 is 26.2 Å². The molecule has 11 heteroatoms. The number of thiophene rings is 1. The van der Waals surface area contributed by atoms with Gasteiger partial charge in [-0.05, 0) is 65.0 Å². The highest BCUT2D eigenvalue weighted by Gasteiger charge is 2.37. The number of carboxylic acid groups (broad SMARTS) is 2. The lowest BCUT2D eigenvalue weighted by molar-refractivity contribution is -0.134. The Morgan fingerprint density at radius 3 is 2.44 bits per heavy atom. The Kier molecular flexibility index (Phi) is 8.17. The molecule has 0 saturated carbocycles. The number of nitrogens with one attached hydrogen (secondary N) is 3. The molecule has 2 unspecified atom stereocenters. The molecule has 4 rings (SSSR count). The molecule has 1 aliphatic rings. The van der Waals surface area contributed by atoms with Crippen LogP contribution in [-0.2, 0) is 27.2 Å². The molecule has 0 radical (unpaired) electrons. The van der Waals surface area contributed by atoms with Gasteiger partial charge in [-0.1, -0.05) is 6.07 Å². The number of carboxylic acids is 2. The minimum atomic E-state index is -1.26. The topological polar surface area (TPSA) is 175 Å². The maximum atomic E-state index is 12.3. The second-order valence-electron chi connectivity index (χ2n) is 7.55. The molecule has 0 spiro atoms. The Bertz CT molecular complexity index is 1200. The van der Waals surface area contributed by atoms with Crippen LogP contribution in [0, 0.1) is 0 Å². The number of imide groups is 1. The van der Waals surface area contributed by atoms with E-state index in [2.05, 4.69) is 33.1 Å². The van der Waals surface area contributed by atoms with E-state index in [-0.39, 0.29) is 11.8 Å². The number of carbonyl (C=O) groups is 4. The van der Waals surface area contributed by atoms with Gasteiger partial charge in [-0.2, -0.15) is 11.3 Å². The summed E-state index contributed by atoms with van der Waals surface area (Å²) in [7, 11) is 0. The normalized spacial score (nSPS) is 16.1. The highest BCUT2D eigenvalue weighted by atomic mass is 32.1. The lowest BCUT2D eigenvalue weighted by Gasteiger charge is -2.22. The first-order chi connectivity index (χ1) is 16.3. The van der Waals surface area contributed by atoms with Gasteiger partial charge in [0.25, 0.3) is 5.91 Å². The van der Waals surface area contributed by atoms with Crippen molar-refractivity contribution in [3.63, 3.8) is 0 Å². The number of nitrogens with two attached hydrogens (primary N) is 1. The number of amides is 3. The van der Waals surface area contributed by atoms with Crippen LogP contribution in [0.2, 0.25) is 0 Å². The first-order valence-corrected chi connectivity index (χ1v) is 11.3. The van der Waals surface area contributed by atoms with Crippen LogP contribution >= 0.6 is 11.3 Å². The van der Waals surface area contributed by atoms with E-state index >= 15 is 0 Å². The SMILES string of the molecule is NCCc1c[nH]c2ccc(C(Cc3ccsc3)C3NC(=O)NC3=O)cc12.O=C(O)/C=C\C(=O)O. The zero-order valence-corrected chi connectivity index (χ0v) is 18.8. The van der Waals surface area contributed by atoms with Crippen molar-refractivity contribution in [2.75, 3.05) is 6.54 Å². The quantitative estimate of drug-likeness (QED) is 0.209. The Morgan fingerprint density at radius 1 is 1.15 bits per heavy atom. The van der Waals surface area contributed by atoms with Gasteiger partial charge in [0.05, 0.1) is 0 Å². The number of urea groups is 1. The second-order valence-corrected chi connectivity index (χ2v) is 8.33. The van der Waals surface area contributed by atoms with Crippen molar-refractivity contribution in [2.45, 2.75) is 24.8 Å². The number of H-pyrrole nitrogens is 1. The Labute approximate surface area is 198 Å². The minimum Gasteiger partial charge on any atom is -0.478 e.